The first-order valence-electron chi connectivity index (χ1n) is 7.96. The molecule has 21 heavy (non-hydrogen) atoms. The van der Waals surface area contributed by atoms with E-state index in [1.807, 2.05) is 0 Å². The largest absolute Gasteiger partial charge is 0.391 e. The van der Waals surface area contributed by atoms with Gasteiger partial charge in [-0.1, -0.05) is 25.0 Å². The molecule has 1 N–H and O–H groups in total. The molecule has 4 heteroatoms. The molecule has 0 radical (unpaired) electrons. The first-order chi connectivity index (χ1) is 10.1. The molecule has 3 rings (SSSR count). The van der Waals surface area contributed by atoms with E-state index in [2.05, 4.69) is 11.8 Å². The molecule has 1 saturated carbocycles. The van der Waals surface area contributed by atoms with Gasteiger partial charge in [0.05, 0.1) is 18.3 Å². The lowest BCUT2D eigenvalue weighted by Crippen LogP contribution is -2.53. The maximum Gasteiger partial charge on any atom is 0.123 e. The van der Waals surface area contributed by atoms with Gasteiger partial charge in [0, 0.05) is 19.1 Å². The third-order valence-electron chi connectivity index (χ3n) is 4.69. The van der Waals surface area contributed by atoms with Crippen molar-refractivity contribution in [1.29, 1.82) is 0 Å². The SMILES string of the molecule is CC1CN(C2CCCCC2O)CC(c2ccc(F)cc2)O1. The van der Waals surface area contributed by atoms with Gasteiger partial charge in [-0.25, -0.2) is 4.39 Å². The number of nitrogens with zero attached hydrogens (tertiary/aromatic N) is 1. The number of aliphatic hydroxyl groups excluding tert-OH is 1. The summed E-state index contributed by atoms with van der Waals surface area (Å²) in [6, 6.07) is 6.81. The van der Waals surface area contributed by atoms with Gasteiger partial charge in [-0.05, 0) is 37.5 Å². The van der Waals surface area contributed by atoms with Gasteiger partial charge in [-0.3, -0.25) is 4.90 Å². The maximum atomic E-state index is 13.1. The Morgan fingerprint density at radius 2 is 1.86 bits per heavy atom. The fourth-order valence-electron chi connectivity index (χ4n) is 3.63. The summed E-state index contributed by atoms with van der Waals surface area (Å²) >= 11 is 0. The van der Waals surface area contributed by atoms with E-state index in [1.54, 1.807) is 12.1 Å². The quantitative estimate of drug-likeness (QED) is 0.910. The topological polar surface area (TPSA) is 32.7 Å². The zero-order chi connectivity index (χ0) is 14.8. The lowest BCUT2D eigenvalue weighted by molar-refractivity contribution is -0.110. The maximum absolute atomic E-state index is 13.1. The molecule has 2 fully saturated rings. The molecule has 0 spiro atoms. The average Bonchev–Trinajstić information content (AvgIpc) is 2.48. The lowest BCUT2D eigenvalue weighted by atomic mass is 9.90. The summed E-state index contributed by atoms with van der Waals surface area (Å²) < 4.78 is 19.1. The van der Waals surface area contributed by atoms with Crippen LogP contribution in [0.15, 0.2) is 24.3 Å². The van der Waals surface area contributed by atoms with Crippen LogP contribution in [0.2, 0.25) is 0 Å². The van der Waals surface area contributed by atoms with Gasteiger partial charge in [-0.15, -0.1) is 0 Å². The van der Waals surface area contributed by atoms with E-state index in [1.165, 1.54) is 18.6 Å². The molecule has 0 bridgehead atoms. The second-order valence-electron chi connectivity index (χ2n) is 6.36. The Balaban J connectivity index is 1.73. The highest BCUT2D eigenvalue weighted by Crippen LogP contribution is 2.31. The van der Waals surface area contributed by atoms with Crippen molar-refractivity contribution in [3.8, 4) is 0 Å². The normalized spacial score (nSPS) is 34.8. The standard InChI is InChI=1S/C17H24FNO2/c1-12-10-19(15-4-2-3-5-16(15)20)11-17(21-12)13-6-8-14(18)9-7-13/h6-9,12,15-17,20H,2-5,10-11H2,1H3. The molecule has 1 aromatic carbocycles. The van der Waals surface area contributed by atoms with Crippen LogP contribution in [0.1, 0.15) is 44.3 Å². The number of rotatable bonds is 2. The average molecular weight is 293 g/mol. The summed E-state index contributed by atoms with van der Waals surface area (Å²) in [6.45, 7) is 3.70. The number of ether oxygens (including phenoxy) is 1. The summed E-state index contributed by atoms with van der Waals surface area (Å²) in [6.07, 6.45) is 4.14. The van der Waals surface area contributed by atoms with Gasteiger partial charge in [0.2, 0.25) is 0 Å². The van der Waals surface area contributed by atoms with Gasteiger partial charge in [0.1, 0.15) is 5.82 Å². The van der Waals surface area contributed by atoms with Crippen LogP contribution in [0.25, 0.3) is 0 Å². The van der Waals surface area contributed by atoms with Crippen LogP contribution in [-0.4, -0.2) is 41.3 Å². The third-order valence-corrected chi connectivity index (χ3v) is 4.69. The minimum Gasteiger partial charge on any atom is -0.391 e. The molecule has 1 aromatic rings. The van der Waals surface area contributed by atoms with Crippen LogP contribution in [-0.2, 0) is 4.74 Å². The number of hydrogen-bond acceptors (Lipinski definition) is 3. The molecule has 4 atom stereocenters. The minimum atomic E-state index is -0.224. The van der Waals surface area contributed by atoms with Crippen LogP contribution in [0, 0.1) is 5.82 Å². The van der Waals surface area contributed by atoms with Crippen molar-refractivity contribution >= 4 is 0 Å². The highest BCUT2D eigenvalue weighted by Gasteiger charge is 2.35. The first kappa shape index (κ1) is 14.9. The number of halogens is 1. The second kappa shape index (κ2) is 6.42. The van der Waals surface area contributed by atoms with Crippen molar-refractivity contribution in [1.82, 2.24) is 4.90 Å². The van der Waals surface area contributed by atoms with E-state index in [0.29, 0.717) is 0 Å². The number of aliphatic hydroxyl groups is 1. The van der Waals surface area contributed by atoms with E-state index < -0.39 is 0 Å². The Labute approximate surface area is 125 Å². The molecule has 116 valence electrons. The summed E-state index contributed by atoms with van der Waals surface area (Å²) in [5.74, 6) is -0.220. The van der Waals surface area contributed by atoms with E-state index in [0.717, 1.165) is 37.9 Å². The Hall–Kier alpha value is -0.970. The van der Waals surface area contributed by atoms with Gasteiger partial charge in [0.25, 0.3) is 0 Å². The molecule has 2 aliphatic rings. The van der Waals surface area contributed by atoms with Crippen molar-refractivity contribution in [2.24, 2.45) is 0 Å². The Bertz CT molecular complexity index is 464. The van der Waals surface area contributed by atoms with Crippen molar-refractivity contribution in [2.75, 3.05) is 13.1 Å². The molecule has 0 aromatic heterocycles. The zero-order valence-corrected chi connectivity index (χ0v) is 12.5. The van der Waals surface area contributed by atoms with Gasteiger partial charge in [-0.2, -0.15) is 0 Å². The highest BCUT2D eigenvalue weighted by molar-refractivity contribution is 5.19. The van der Waals surface area contributed by atoms with Gasteiger partial charge >= 0.3 is 0 Å². The molecule has 1 aliphatic heterocycles. The van der Waals surface area contributed by atoms with Crippen LogP contribution >= 0.6 is 0 Å². The van der Waals surface area contributed by atoms with E-state index in [4.69, 9.17) is 4.74 Å². The van der Waals surface area contributed by atoms with Crippen LogP contribution in [0.5, 0.6) is 0 Å². The number of benzene rings is 1. The Morgan fingerprint density at radius 1 is 1.14 bits per heavy atom. The van der Waals surface area contributed by atoms with Crippen molar-refractivity contribution in [3.05, 3.63) is 35.6 Å². The Morgan fingerprint density at radius 3 is 2.57 bits per heavy atom. The van der Waals surface area contributed by atoms with Crippen LogP contribution in [0.3, 0.4) is 0 Å². The molecular weight excluding hydrogens is 269 g/mol. The monoisotopic (exact) mass is 293 g/mol. The number of morpholine rings is 1. The first-order valence-corrected chi connectivity index (χ1v) is 7.96. The molecule has 1 aliphatic carbocycles. The molecule has 1 saturated heterocycles. The summed E-state index contributed by atoms with van der Waals surface area (Å²) in [5.41, 5.74) is 1.01. The van der Waals surface area contributed by atoms with Gasteiger partial charge < -0.3 is 9.84 Å². The van der Waals surface area contributed by atoms with Crippen LogP contribution in [0.4, 0.5) is 4.39 Å². The van der Waals surface area contributed by atoms with Crippen molar-refractivity contribution < 1.29 is 14.2 Å². The summed E-state index contributed by atoms with van der Waals surface area (Å²) in [4.78, 5) is 2.37. The minimum absolute atomic E-state index is 0.0384. The number of hydrogen-bond donors (Lipinski definition) is 1. The Kier molecular flexibility index (Phi) is 4.57. The second-order valence-corrected chi connectivity index (χ2v) is 6.36. The molecule has 3 nitrogen and oxygen atoms in total. The van der Waals surface area contributed by atoms with E-state index >= 15 is 0 Å². The lowest BCUT2D eigenvalue weighted by Gasteiger charge is -2.44. The fourth-order valence-corrected chi connectivity index (χ4v) is 3.63. The molecule has 1 heterocycles. The zero-order valence-electron chi connectivity index (χ0n) is 12.5. The molecule has 0 amide bonds. The highest BCUT2D eigenvalue weighted by atomic mass is 19.1. The fraction of sp³-hybridized carbons (Fsp3) is 0.647. The van der Waals surface area contributed by atoms with E-state index in [-0.39, 0.29) is 30.2 Å². The third kappa shape index (κ3) is 3.44. The summed E-state index contributed by atoms with van der Waals surface area (Å²) in [5, 5.41) is 10.3. The predicted molar refractivity (Wildman–Crippen MR) is 79.5 cm³/mol. The molecule has 4 unspecified atom stereocenters. The predicted octanol–water partition coefficient (Wildman–Crippen LogP) is 2.89. The molecular formula is C17H24FNO2. The van der Waals surface area contributed by atoms with Crippen molar-refractivity contribution in [2.45, 2.75) is 57.0 Å². The summed E-state index contributed by atoms with van der Waals surface area (Å²) in [7, 11) is 0. The van der Waals surface area contributed by atoms with Crippen molar-refractivity contribution in [3.63, 3.8) is 0 Å². The van der Waals surface area contributed by atoms with Gasteiger partial charge in [0.15, 0.2) is 0 Å². The smallest absolute Gasteiger partial charge is 0.123 e. The van der Waals surface area contributed by atoms with Crippen LogP contribution < -0.4 is 0 Å². The van der Waals surface area contributed by atoms with E-state index in [9.17, 15) is 9.50 Å².